The normalized spacial score (nSPS) is 13.7. The Hall–Kier alpha value is -4.39. The first-order valence-corrected chi connectivity index (χ1v) is 13.3. The molecule has 40 heavy (non-hydrogen) atoms. The molecular formula is C29H27IN4O6. The van der Waals surface area contributed by atoms with Gasteiger partial charge in [0.1, 0.15) is 12.2 Å². The van der Waals surface area contributed by atoms with Crippen molar-refractivity contribution < 1.29 is 28.7 Å². The third-order valence-electron chi connectivity index (χ3n) is 5.81. The lowest BCUT2D eigenvalue weighted by molar-refractivity contribution is -0.127. The molecule has 3 aromatic rings. The summed E-state index contributed by atoms with van der Waals surface area (Å²) in [4.78, 5) is 51.0. The molecule has 0 spiro atoms. The average Bonchev–Trinajstić information content (AvgIpc) is 3.16. The van der Waals surface area contributed by atoms with Gasteiger partial charge in [-0.3, -0.25) is 14.4 Å². The summed E-state index contributed by atoms with van der Waals surface area (Å²) in [6.45, 7) is 3.17. The number of anilines is 2. The van der Waals surface area contributed by atoms with Crippen LogP contribution in [0.5, 0.6) is 11.5 Å². The van der Waals surface area contributed by atoms with Gasteiger partial charge in [0.15, 0.2) is 18.1 Å². The highest BCUT2D eigenvalue weighted by atomic mass is 127. The lowest BCUT2D eigenvalue weighted by atomic mass is 10.1. The minimum Gasteiger partial charge on any atom is -0.493 e. The molecular weight excluding hydrogens is 627 g/mol. The van der Waals surface area contributed by atoms with Crippen LogP contribution in [0.15, 0.2) is 66.4 Å². The number of carbonyl (C=O) groups excluding carboxylic acids is 4. The average molecular weight is 654 g/mol. The predicted octanol–water partition coefficient (Wildman–Crippen LogP) is 4.47. The molecule has 0 unspecified atom stereocenters. The Kier molecular flexibility index (Phi) is 9.04. The van der Waals surface area contributed by atoms with Crippen LogP contribution < -0.4 is 25.4 Å². The number of hydrogen-bond acceptors (Lipinski definition) is 6. The van der Waals surface area contributed by atoms with Gasteiger partial charge in [0.05, 0.1) is 10.7 Å². The van der Waals surface area contributed by atoms with Crippen molar-refractivity contribution in [2.75, 3.05) is 30.9 Å². The number of ether oxygens (including phenoxy) is 2. The van der Waals surface area contributed by atoms with Crippen LogP contribution in [0.25, 0.3) is 6.08 Å². The molecule has 1 aliphatic rings. The molecule has 1 fully saturated rings. The third-order valence-corrected chi connectivity index (χ3v) is 6.61. The molecule has 0 radical (unpaired) electrons. The number of nitrogens with one attached hydrogen (secondary N) is 3. The van der Waals surface area contributed by atoms with Crippen LogP contribution in [0.4, 0.5) is 16.2 Å². The van der Waals surface area contributed by atoms with Crippen LogP contribution in [-0.4, -0.2) is 48.9 Å². The molecule has 0 aliphatic carbocycles. The van der Waals surface area contributed by atoms with E-state index in [1.807, 2.05) is 54.6 Å². The fourth-order valence-electron chi connectivity index (χ4n) is 3.88. The summed E-state index contributed by atoms with van der Waals surface area (Å²) in [7, 11) is 1.46. The maximum absolute atomic E-state index is 12.9. The van der Waals surface area contributed by atoms with Crippen molar-refractivity contribution in [3.05, 3.63) is 86.6 Å². The molecule has 1 aliphatic heterocycles. The topological polar surface area (TPSA) is 126 Å². The second-order valence-corrected chi connectivity index (χ2v) is 10.2. The molecule has 0 aromatic heterocycles. The van der Waals surface area contributed by atoms with Gasteiger partial charge in [-0.2, -0.15) is 0 Å². The molecule has 0 atom stereocenters. The van der Waals surface area contributed by atoms with E-state index in [4.69, 9.17) is 9.47 Å². The van der Waals surface area contributed by atoms with E-state index >= 15 is 0 Å². The highest BCUT2D eigenvalue weighted by Crippen LogP contribution is 2.35. The Bertz CT molecular complexity index is 1500. The molecule has 3 N–H and O–H groups in total. The second kappa shape index (κ2) is 12.6. The molecule has 11 heteroatoms. The van der Waals surface area contributed by atoms with E-state index in [1.165, 1.54) is 13.2 Å². The van der Waals surface area contributed by atoms with Gasteiger partial charge >= 0.3 is 6.03 Å². The number of imide groups is 1. The van der Waals surface area contributed by atoms with Crippen LogP contribution in [0, 0.1) is 17.4 Å². The number of rotatable bonds is 9. The monoisotopic (exact) mass is 654 g/mol. The van der Waals surface area contributed by atoms with Crippen molar-refractivity contribution in [2.45, 2.75) is 13.8 Å². The van der Waals surface area contributed by atoms with Crippen molar-refractivity contribution >= 4 is 63.8 Å². The Morgan fingerprint density at radius 3 is 2.38 bits per heavy atom. The number of amides is 5. The Morgan fingerprint density at radius 2 is 1.68 bits per heavy atom. The summed E-state index contributed by atoms with van der Waals surface area (Å²) >= 11 is 2.04. The minimum atomic E-state index is -0.697. The predicted molar refractivity (Wildman–Crippen MR) is 159 cm³/mol. The first kappa shape index (κ1) is 28.6. The summed E-state index contributed by atoms with van der Waals surface area (Å²) in [5.74, 6) is -0.766. The number of halogens is 1. The molecule has 5 amide bonds. The summed E-state index contributed by atoms with van der Waals surface area (Å²) in [6, 6.07) is 17.2. The van der Waals surface area contributed by atoms with Gasteiger partial charge in [0.2, 0.25) is 5.91 Å². The van der Waals surface area contributed by atoms with Crippen LogP contribution in [0.1, 0.15) is 16.7 Å². The van der Waals surface area contributed by atoms with E-state index in [0.29, 0.717) is 32.0 Å². The SMILES string of the molecule is COc1cc(/C=C2/NC(=O)N(CC(=O)Nc3cccc(C)c3)C2=O)cc(I)c1OCC(=O)Nc1ccc(C)cc1. The van der Waals surface area contributed by atoms with E-state index in [2.05, 4.69) is 16.0 Å². The summed E-state index contributed by atoms with van der Waals surface area (Å²) in [5.41, 5.74) is 3.84. The maximum atomic E-state index is 12.9. The first-order chi connectivity index (χ1) is 19.1. The van der Waals surface area contributed by atoms with E-state index in [-0.39, 0.29) is 18.2 Å². The molecule has 1 saturated heterocycles. The lowest BCUT2D eigenvalue weighted by Gasteiger charge is -2.14. The van der Waals surface area contributed by atoms with Gasteiger partial charge in [-0.15, -0.1) is 0 Å². The van der Waals surface area contributed by atoms with Crippen molar-refractivity contribution in [1.29, 1.82) is 0 Å². The quantitative estimate of drug-likeness (QED) is 0.178. The van der Waals surface area contributed by atoms with E-state index in [0.717, 1.165) is 16.0 Å². The van der Waals surface area contributed by atoms with Crippen LogP contribution >= 0.6 is 22.6 Å². The standard InChI is InChI=1S/C29H27IN4O6/c1-17-7-9-20(10-8-17)31-26(36)16-40-27-22(30)12-19(14-24(27)39-3)13-23-28(37)34(29(38)33-23)15-25(35)32-21-6-4-5-18(2)11-21/h4-14H,15-16H2,1-3H3,(H,31,36)(H,32,35)(H,33,38)/b23-13+. The van der Waals surface area contributed by atoms with Crippen molar-refractivity contribution in [3.63, 3.8) is 0 Å². The molecule has 206 valence electrons. The number of carbonyl (C=O) groups is 4. The van der Waals surface area contributed by atoms with Gasteiger partial charge in [-0.05, 0) is 90.0 Å². The zero-order valence-corrected chi connectivity index (χ0v) is 24.2. The fourth-order valence-corrected chi connectivity index (χ4v) is 4.66. The highest BCUT2D eigenvalue weighted by molar-refractivity contribution is 14.1. The van der Waals surface area contributed by atoms with Gasteiger partial charge in [0, 0.05) is 11.4 Å². The van der Waals surface area contributed by atoms with Crippen molar-refractivity contribution in [2.24, 2.45) is 0 Å². The molecule has 0 saturated carbocycles. The molecule has 1 heterocycles. The third kappa shape index (κ3) is 7.17. The molecule has 4 rings (SSSR count). The second-order valence-electron chi connectivity index (χ2n) is 9.03. The number of aryl methyl sites for hydroxylation is 2. The number of benzene rings is 3. The zero-order valence-electron chi connectivity index (χ0n) is 22.0. The molecule has 0 bridgehead atoms. The van der Waals surface area contributed by atoms with E-state index in [9.17, 15) is 19.2 Å². The van der Waals surface area contributed by atoms with Crippen LogP contribution in [0.3, 0.4) is 0 Å². The van der Waals surface area contributed by atoms with E-state index in [1.54, 1.807) is 42.5 Å². The fraction of sp³-hybridized carbons (Fsp3) is 0.172. The van der Waals surface area contributed by atoms with Crippen molar-refractivity contribution in [1.82, 2.24) is 10.2 Å². The smallest absolute Gasteiger partial charge is 0.329 e. The zero-order chi connectivity index (χ0) is 28.8. The largest absolute Gasteiger partial charge is 0.493 e. The van der Waals surface area contributed by atoms with Gasteiger partial charge < -0.3 is 25.4 Å². The number of nitrogens with zero attached hydrogens (tertiary/aromatic N) is 1. The van der Waals surface area contributed by atoms with Gasteiger partial charge in [-0.1, -0.05) is 29.8 Å². The summed E-state index contributed by atoms with van der Waals surface area (Å²) in [6.07, 6.45) is 1.48. The Morgan fingerprint density at radius 1 is 0.950 bits per heavy atom. The van der Waals surface area contributed by atoms with E-state index < -0.39 is 24.4 Å². The first-order valence-electron chi connectivity index (χ1n) is 12.2. The van der Waals surface area contributed by atoms with Gasteiger partial charge in [0.25, 0.3) is 11.8 Å². The minimum absolute atomic E-state index is 0.0114. The lowest BCUT2D eigenvalue weighted by Crippen LogP contribution is -2.38. The Labute approximate surface area is 244 Å². The molecule has 10 nitrogen and oxygen atoms in total. The van der Waals surface area contributed by atoms with Crippen molar-refractivity contribution in [3.8, 4) is 11.5 Å². The molecule has 3 aromatic carbocycles. The Balaban J connectivity index is 1.42. The number of methoxy groups -OCH3 is 1. The van der Waals surface area contributed by atoms with Crippen LogP contribution in [-0.2, 0) is 14.4 Å². The summed E-state index contributed by atoms with van der Waals surface area (Å²) < 4.78 is 11.8. The van der Waals surface area contributed by atoms with Gasteiger partial charge in [-0.25, -0.2) is 9.69 Å². The van der Waals surface area contributed by atoms with Crippen LogP contribution in [0.2, 0.25) is 0 Å². The maximum Gasteiger partial charge on any atom is 0.329 e. The number of urea groups is 1. The summed E-state index contributed by atoms with van der Waals surface area (Å²) in [5, 5.41) is 7.97. The highest BCUT2D eigenvalue weighted by Gasteiger charge is 2.35. The number of hydrogen-bond donors (Lipinski definition) is 3.